The molecule has 1 aromatic carbocycles. The SMILES string of the molecule is C[N+]1(C)CCc2ccc(Br)cc21. The van der Waals surface area contributed by atoms with Crippen LogP contribution in [0.5, 0.6) is 0 Å². The van der Waals surface area contributed by atoms with E-state index in [0.717, 1.165) is 4.48 Å². The summed E-state index contributed by atoms with van der Waals surface area (Å²) in [6, 6.07) is 6.60. The summed E-state index contributed by atoms with van der Waals surface area (Å²) in [6.07, 6.45) is 1.22. The number of quaternary nitrogens is 1. The van der Waals surface area contributed by atoms with Crippen LogP contribution in [0.25, 0.3) is 0 Å². The molecule has 2 heteroatoms. The van der Waals surface area contributed by atoms with Gasteiger partial charge in [-0.2, -0.15) is 0 Å². The molecule has 0 aliphatic carbocycles. The van der Waals surface area contributed by atoms with Gasteiger partial charge in [-0.25, -0.2) is 0 Å². The highest BCUT2D eigenvalue weighted by molar-refractivity contribution is 9.10. The number of likely N-dealkylation sites (N-methyl/N-ethyl adjacent to an activating group) is 1. The Hall–Kier alpha value is -0.340. The number of halogens is 1. The van der Waals surface area contributed by atoms with Crippen LogP contribution in [0, 0.1) is 0 Å². The Labute approximate surface area is 81.7 Å². The smallest absolute Gasteiger partial charge is 0.137 e. The minimum atomic E-state index is 1.02. The average Bonchev–Trinajstić information content (AvgIpc) is 2.28. The van der Waals surface area contributed by atoms with Crippen LogP contribution in [0.15, 0.2) is 22.7 Å². The number of hydrogen-bond acceptors (Lipinski definition) is 0. The largest absolute Gasteiger partial charge is 0.295 e. The van der Waals surface area contributed by atoms with Gasteiger partial charge in [-0.3, -0.25) is 4.48 Å². The van der Waals surface area contributed by atoms with Crippen molar-refractivity contribution in [3.8, 4) is 0 Å². The van der Waals surface area contributed by atoms with Gasteiger partial charge in [0.2, 0.25) is 0 Å². The first-order chi connectivity index (χ1) is 5.59. The molecule has 0 saturated heterocycles. The molecule has 0 saturated carbocycles. The Morgan fingerprint density at radius 3 is 2.83 bits per heavy atom. The quantitative estimate of drug-likeness (QED) is 0.597. The van der Waals surface area contributed by atoms with Crippen molar-refractivity contribution in [2.24, 2.45) is 0 Å². The van der Waals surface area contributed by atoms with Crippen LogP contribution in [0.1, 0.15) is 5.56 Å². The normalized spacial score (nSPS) is 19.2. The van der Waals surface area contributed by atoms with Gasteiger partial charge in [0.25, 0.3) is 0 Å². The molecule has 2 rings (SSSR count). The second-order valence-corrected chi connectivity index (χ2v) is 4.85. The van der Waals surface area contributed by atoms with E-state index in [1.807, 2.05) is 0 Å². The van der Waals surface area contributed by atoms with Gasteiger partial charge in [-0.05, 0) is 6.07 Å². The van der Waals surface area contributed by atoms with E-state index in [2.05, 4.69) is 48.2 Å². The maximum atomic E-state index is 3.51. The lowest BCUT2D eigenvalue weighted by Gasteiger charge is -2.23. The lowest BCUT2D eigenvalue weighted by atomic mass is 10.2. The zero-order chi connectivity index (χ0) is 8.77. The fourth-order valence-corrected chi connectivity index (χ4v) is 2.18. The van der Waals surface area contributed by atoms with Crippen LogP contribution < -0.4 is 4.48 Å². The fourth-order valence-electron chi connectivity index (χ4n) is 1.83. The van der Waals surface area contributed by atoms with Gasteiger partial charge in [0.1, 0.15) is 5.69 Å². The highest BCUT2D eigenvalue weighted by Crippen LogP contribution is 2.33. The summed E-state index contributed by atoms with van der Waals surface area (Å²) in [5, 5.41) is 0. The second-order valence-electron chi connectivity index (χ2n) is 3.93. The summed E-state index contributed by atoms with van der Waals surface area (Å²) in [5.74, 6) is 0. The Morgan fingerprint density at radius 2 is 2.08 bits per heavy atom. The molecule has 0 N–H and O–H groups in total. The van der Waals surface area contributed by atoms with E-state index >= 15 is 0 Å². The molecule has 12 heavy (non-hydrogen) atoms. The molecular weight excluding hydrogens is 214 g/mol. The predicted octanol–water partition coefficient (Wildman–Crippen LogP) is 2.57. The Morgan fingerprint density at radius 1 is 1.33 bits per heavy atom. The maximum absolute atomic E-state index is 3.51. The molecule has 0 aromatic heterocycles. The first kappa shape index (κ1) is 8.27. The van der Waals surface area contributed by atoms with Crippen LogP contribution >= 0.6 is 15.9 Å². The molecule has 1 aliphatic rings. The van der Waals surface area contributed by atoms with Gasteiger partial charge >= 0.3 is 0 Å². The molecular formula is C10H13BrN+. The third-order valence-corrected chi connectivity index (χ3v) is 3.13. The number of fused-ring (bicyclic) bond motifs is 1. The van der Waals surface area contributed by atoms with Crippen molar-refractivity contribution >= 4 is 21.6 Å². The summed E-state index contributed by atoms with van der Waals surface area (Å²) < 4.78 is 2.21. The van der Waals surface area contributed by atoms with Crippen molar-refractivity contribution < 1.29 is 0 Å². The van der Waals surface area contributed by atoms with Crippen LogP contribution in [0.3, 0.4) is 0 Å². The second kappa shape index (κ2) is 2.57. The first-order valence-corrected chi connectivity index (χ1v) is 5.01. The molecule has 1 aromatic rings. The zero-order valence-electron chi connectivity index (χ0n) is 7.47. The fraction of sp³-hybridized carbons (Fsp3) is 0.400. The highest BCUT2D eigenvalue weighted by Gasteiger charge is 2.29. The molecule has 64 valence electrons. The van der Waals surface area contributed by atoms with Gasteiger partial charge in [0, 0.05) is 22.5 Å². The van der Waals surface area contributed by atoms with E-state index in [4.69, 9.17) is 0 Å². The van der Waals surface area contributed by atoms with Crippen LogP contribution in [0.4, 0.5) is 5.69 Å². The number of nitrogens with zero attached hydrogens (tertiary/aromatic N) is 1. The van der Waals surface area contributed by atoms with Crippen molar-refractivity contribution in [2.75, 3.05) is 20.6 Å². The van der Waals surface area contributed by atoms with Crippen LogP contribution in [-0.4, -0.2) is 20.6 Å². The minimum absolute atomic E-state index is 1.02. The topological polar surface area (TPSA) is 0 Å². The van der Waals surface area contributed by atoms with Gasteiger partial charge < -0.3 is 0 Å². The molecule has 0 fully saturated rings. The van der Waals surface area contributed by atoms with Crippen LogP contribution in [0.2, 0.25) is 0 Å². The summed E-state index contributed by atoms with van der Waals surface area (Å²) in [4.78, 5) is 0. The van der Waals surface area contributed by atoms with E-state index in [-0.39, 0.29) is 0 Å². The monoisotopic (exact) mass is 226 g/mol. The van der Waals surface area contributed by atoms with Gasteiger partial charge in [0.15, 0.2) is 0 Å². The molecule has 0 radical (unpaired) electrons. The highest BCUT2D eigenvalue weighted by atomic mass is 79.9. The van der Waals surface area contributed by atoms with E-state index in [0.29, 0.717) is 0 Å². The standard InChI is InChI=1S/C10H13BrN/c1-12(2)6-5-8-3-4-9(11)7-10(8)12/h3-4,7H,5-6H2,1-2H3/q+1. The molecule has 1 nitrogen and oxygen atoms in total. The third-order valence-electron chi connectivity index (χ3n) is 2.64. The lowest BCUT2D eigenvalue weighted by Crippen LogP contribution is -2.37. The number of hydrogen-bond donors (Lipinski definition) is 0. The van der Waals surface area contributed by atoms with Crippen molar-refractivity contribution in [1.29, 1.82) is 0 Å². The molecule has 0 bridgehead atoms. The average molecular weight is 227 g/mol. The van der Waals surface area contributed by atoms with Crippen molar-refractivity contribution in [1.82, 2.24) is 4.48 Å². The molecule has 0 spiro atoms. The van der Waals surface area contributed by atoms with E-state index in [1.54, 1.807) is 0 Å². The van der Waals surface area contributed by atoms with Crippen molar-refractivity contribution in [3.63, 3.8) is 0 Å². The van der Waals surface area contributed by atoms with E-state index < -0.39 is 0 Å². The summed E-state index contributed by atoms with van der Waals surface area (Å²) in [6.45, 7) is 1.23. The van der Waals surface area contributed by atoms with E-state index in [1.165, 1.54) is 28.7 Å². The van der Waals surface area contributed by atoms with Gasteiger partial charge in [0.05, 0.1) is 20.6 Å². The van der Waals surface area contributed by atoms with Crippen molar-refractivity contribution in [3.05, 3.63) is 28.2 Å². The van der Waals surface area contributed by atoms with Crippen LogP contribution in [-0.2, 0) is 6.42 Å². The van der Waals surface area contributed by atoms with Gasteiger partial charge in [-0.15, -0.1) is 0 Å². The van der Waals surface area contributed by atoms with E-state index in [9.17, 15) is 0 Å². The summed E-state index contributed by atoms with van der Waals surface area (Å²) in [5.41, 5.74) is 2.97. The minimum Gasteiger partial charge on any atom is -0.295 e. The molecule has 0 unspecified atom stereocenters. The molecule has 1 aliphatic heterocycles. The molecule has 0 atom stereocenters. The maximum Gasteiger partial charge on any atom is 0.137 e. The van der Waals surface area contributed by atoms with Gasteiger partial charge in [-0.1, -0.05) is 22.0 Å². The molecule has 1 heterocycles. The number of benzene rings is 1. The summed E-state index contributed by atoms with van der Waals surface area (Å²) in [7, 11) is 4.52. The lowest BCUT2D eigenvalue weighted by molar-refractivity contribution is 0.433. The number of rotatable bonds is 0. The van der Waals surface area contributed by atoms with Crippen molar-refractivity contribution in [2.45, 2.75) is 6.42 Å². The Bertz CT molecular complexity index is 318. The molecule has 0 amide bonds. The Kier molecular flexibility index (Phi) is 1.77. The first-order valence-electron chi connectivity index (χ1n) is 4.21. The zero-order valence-corrected chi connectivity index (χ0v) is 9.06. The predicted molar refractivity (Wildman–Crippen MR) is 56.4 cm³/mol. The summed E-state index contributed by atoms with van der Waals surface area (Å²) >= 11 is 3.51. The Balaban J connectivity index is 2.57. The third kappa shape index (κ3) is 1.19.